The van der Waals surface area contributed by atoms with Gasteiger partial charge in [-0.2, -0.15) is 0 Å². The number of carbonyl (C=O) groups excluding carboxylic acids is 2. The van der Waals surface area contributed by atoms with Gasteiger partial charge in [-0.1, -0.05) is 30.3 Å². The van der Waals surface area contributed by atoms with Crippen molar-refractivity contribution in [3.8, 4) is 0 Å². The Morgan fingerprint density at radius 1 is 1.12 bits per heavy atom. The van der Waals surface area contributed by atoms with Crippen LogP contribution >= 0.6 is 0 Å². The molecule has 0 N–H and O–H groups in total. The van der Waals surface area contributed by atoms with Crippen molar-refractivity contribution in [3.05, 3.63) is 60.1 Å². The van der Waals surface area contributed by atoms with Crippen molar-refractivity contribution in [3.63, 3.8) is 0 Å². The molecule has 2 heterocycles. The third-order valence-corrected chi connectivity index (χ3v) is 4.97. The van der Waals surface area contributed by atoms with Gasteiger partial charge in [0, 0.05) is 31.6 Å². The Hall–Kier alpha value is -2.56. The van der Waals surface area contributed by atoms with E-state index in [-0.39, 0.29) is 23.8 Å². The van der Waals surface area contributed by atoms with Gasteiger partial charge in [-0.05, 0) is 44.4 Å². The Balaban J connectivity index is 1.60. The molecule has 0 radical (unpaired) electrons. The number of furan rings is 1. The molecule has 0 spiro atoms. The summed E-state index contributed by atoms with van der Waals surface area (Å²) in [5.74, 6) is 0.435. The van der Waals surface area contributed by atoms with E-state index in [1.54, 1.807) is 17.0 Å². The van der Waals surface area contributed by atoms with Crippen molar-refractivity contribution in [2.24, 2.45) is 5.92 Å². The summed E-state index contributed by atoms with van der Waals surface area (Å²) in [5.41, 5.74) is 1.14. The molecule has 138 valence electrons. The first-order valence-corrected chi connectivity index (χ1v) is 9.23. The van der Waals surface area contributed by atoms with E-state index in [1.165, 1.54) is 6.26 Å². The van der Waals surface area contributed by atoms with E-state index in [9.17, 15) is 9.59 Å². The van der Waals surface area contributed by atoms with Crippen LogP contribution in [0.4, 0.5) is 0 Å². The normalized spacial score (nSPS) is 15.3. The molecule has 2 amide bonds. The van der Waals surface area contributed by atoms with Crippen molar-refractivity contribution < 1.29 is 14.0 Å². The monoisotopic (exact) mass is 354 g/mol. The van der Waals surface area contributed by atoms with Crippen molar-refractivity contribution in [1.82, 2.24) is 9.80 Å². The van der Waals surface area contributed by atoms with Crippen molar-refractivity contribution in [1.29, 1.82) is 0 Å². The van der Waals surface area contributed by atoms with Gasteiger partial charge in [-0.3, -0.25) is 9.59 Å². The van der Waals surface area contributed by atoms with Crippen LogP contribution in [0.5, 0.6) is 0 Å². The second kappa shape index (κ2) is 8.21. The maximum Gasteiger partial charge on any atom is 0.289 e. The summed E-state index contributed by atoms with van der Waals surface area (Å²) in [4.78, 5) is 29.1. The molecule has 0 aliphatic carbocycles. The molecule has 1 aliphatic rings. The second-order valence-corrected chi connectivity index (χ2v) is 7.09. The highest BCUT2D eigenvalue weighted by molar-refractivity contribution is 5.91. The quantitative estimate of drug-likeness (QED) is 0.825. The number of rotatable bonds is 5. The molecule has 5 nitrogen and oxygen atoms in total. The van der Waals surface area contributed by atoms with Gasteiger partial charge in [-0.25, -0.2) is 0 Å². The number of hydrogen-bond acceptors (Lipinski definition) is 3. The first-order valence-electron chi connectivity index (χ1n) is 9.23. The van der Waals surface area contributed by atoms with Gasteiger partial charge < -0.3 is 14.2 Å². The van der Waals surface area contributed by atoms with Crippen LogP contribution in [0.3, 0.4) is 0 Å². The summed E-state index contributed by atoms with van der Waals surface area (Å²) in [6, 6.07) is 13.6. The first kappa shape index (κ1) is 18.2. The minimum Gasteiger partial charge on any atom is -0.459 e. The third kappa shape index (κ3) is 4.15. The zero-order valence-corrected chi connectivity index (χ0v) is 15.4. The number of nitrogens with zero attached hydrogens (tertiary/aromatic N) is 2. The molecule has 26 heavy (non-hydrogen) atoms. The lowest BCUT2D eigenvalue weighted by molar-refractivity contribution is -0.139. The van der Waals surface area contributed by atoms with Gasteiger partial charge in [0.1, 0.15) is 0 Å². The molecular weight excluding hydrogens is 328 g/mol. The fraction of sp³-hybridized carbons (Fsp3) is 0.429. The number of hydrogen-bond donors (Lipinski definition) is 0. The van der Waals surface area contributed by atoms with E-state index in [2.05, 4.69) is 13.8 Å². The highest BCUT2D eigenvalue weighted by atomic mass is 16.3. The Kier molecular flexibility index (Phi) is 5.76. The maximum absolute atomic E-state index is 13.1. The second-order valence-electron chi connectivity index (χ2n) is 7.09. The molecule has 5 heteroatoms. The predicted octanol–water partition coefficient (Wildman–Crippen LogP) is 3.57. The van der Waals surface area contributed by atoms with E-state index in [0.29, 0.717) is 38.2 Å². The molecule has 1 aromatic heterocycles. The summed E-state index contributed by atoms with van der Waals surface area (Å²) in [7, 11) is 0. The standard InChI is InChI=1S/C21H26N2O3/c1-16(2)23(15-17-7-4-3-5-8-17)20(24)18-10-12-22(13-11-18)21(25)19-9-6-14-26-19/h3-9,14,16,18H,10-13,15H2,1-2H3. The van der Waals surface area contributed by atoms with Gasteiger partial charge in [0.25, 0.3) is 5.91 Å². The number of carbonyl (C=O) groups is 2. The molecule has 0 bridgehead atoms. The van der Waals surface area contributed by atoms with Gasteiger partial charge in [0.15, 0.2) is 5.76 Å². The average Bonchev–Trinajstić information content (AvgIpc) is 3.20. The molecule has 2 aromatic rings. The number of amides is 2. The number of piperidine rings is 1. The molecule has 1 aliphatic heterocycles. The summed E-state index contributed by atoms with van der Waals surface area (Å²) < 4.78 is 5.19. The van der Waals surface area contributed by atoms with E-state index < -0.39 is 0 Å². The summed E-state index contributed by atoms with van der Waals surface area (Å²) >= 11 is 0. The predicted molar refractivity (Wildman–Crippen MR) is 99.5 cm³/mol. The van der Waals surface area contributed by atoms with Crippen LogP contribution < -0.4 is 0 Å². The SMILES string of the molecule is CC(C)N(Cc1ccccc1)C(=O)C1CCN(C(=O)c2ccco2)CC1. The Morgan fingerprint density at radius 3 is 2.38 bits per heavy atom. The van der Waals surface area contributed by atoms with Gasteiger partial charge in [-0.15, -0.1) is 0 Å². The smallest absolute Gasteiger partial charge is 0.289 e. The number of likely N-dealkylation sites (tertiary alicyclic amines) is 1. The molecule has 1 saturated heterocycles. The lowest BCUT2D eigenvalue weighted by Gasteiger charge is -2.35. The largest absolute Gasteiger partial charge is 0.459 e. The van der Waals surface area contributed by atoms with Crippen LogP contribution in [0.25, 0.3) is 0 Å². The van der Waals surface area contributed by atoms with Crippen molar-refractivity contribution in [2.45, 2.75) is 39.3 Å². The van der Waals surface area contributed by atoms with Crippen molar-refractivity contribution >= 4 is 11.8 Å². The highest BCUT2D eigenvalue weighted by Gasteiger charge is 2.32. The van der Waals surface area contributed by atoms with E-state index in [4.69, 9.17) is 4.42 Å². The molecule has 0 saturated carbocycles. The zero-order valence-electron chi connectivity index (χ0n) is 15.4. The minimum atomic E-state index is -0.0918. The van der Waals surface area contributed by atoms with Crippen LogP contribution in [0, 0.1) is 5.92 Å². The number of benzene rings is 1. The van der Waals surface area contributed by atoms with Crippen LogP contribution in [-0.4, -0.2) is 40.7 Å². The molecule has 3 rings (SSSR count). The minimum absolute atomic E-state index is 0.0261. The molecule has 0 unspecified atom stereocenters. The lowest BCUT2D eigenvalue weighted by Crippen LogP contribution is -2.46. The average molecular weight is 354 g/mol. The molecular formula is C21H26N2O3. The zero-order chi connectivity index (χ0) is 18.5. The van der Waals surface area contributed by atoms with Crippen LogP contribution in [0.1, 0.15) is 42.8 Å². The highest BCUT2D eigenvalue weighted by Crippen LogP contribution is 2.23. The van der Waals surface area contributed by atoms with E-state index >= 15 is 0 Å². The van der Waals surface area contributed by atoms with Gasteiger partial charge >= 0.3 is 0 Å². The lowest BCUT2D eigenvalue weighted by atomic mass is 9.94. The summed E-state index contributed by atoms with van der Waals surface area (Å²) in [5, 5.41) is 0. The molecule has 1 aromatic carbocycles. The van der Waals surface area contributed by atoms with Crippen LogP contribution in [0.15, 0.2) is 53.1 Å². The van der Waals surface area contributed by atoms with Crippen LogP contribution in [0.2, 0.25) is 0 Å². The Labute approximate surface area is 154 Å². The van der Waals surface area contributed by atoms with Gasteiger partial charge in [0.05, 0.1) is 6.26 Å². The van der Waals surface area contributed by atoms with Crippen molar-refractivity contribution in [2.75, 3.05) is 13.1 Å². The van der Waals surface area contributed by atoms with Gasteiger partial charge in [0.2, 0.25) is 5.91 Å². The fourth-order valence-corrected chi connectivity index (χ4v) is 3.42. The topological polar surface area (TPSA) is 53.8 Å². The maximum atomic E-state index is 13.1. The van der Waals surface area contributed by atoms with E-state index in [1.807, 2.05) is 35.2 Å². The Morgan fingerprint density at radius 2 is 1.81 bits per heavy atom. The Bertz CT molecular complexity index is 717. The third-order valence-electron chi connectivity index (χ3n) is 4.97. The van der Waals surface area contributed by atoms with E-state index in [0.717, 1.165) is 5.56 Å². The van der Waals surface area contributed by atoms with Crippen LogP contribution in [-0.2, 0) is 11.3 Å². The molecule has 0 atom stereocenters. The molecule has 1 fully saturated rings. The summed E-state index contributed by atoms with van der Waals surface area (Å²) in [6.45, 7) is 5.91. The fourth-order valence-electron chi connectivity index (χ4n) is 3.42. The first-order chi connectivity index (χ1) is 12.6. The summed E-state index contributed by atoms with van der Waals surface area (Å²) in [6.07, 6.45) is 2.90.